The number of carbonyl (C=O) groups excluding carboxylic acids is 1. The molecule has 0 aliphatic rings. The van der Waals surface area contributed by atoms with Gasteiger partial charge in [0.2, 0.25) is 0 Å². The first kappa shape index (κ1) is 14.2. The highest BCUT2D eigenvalue weighted by Gasteiger charge is 2.04. The first-order chi connectivity index (χ1) is 8.65. The van der Waals surface area contributed by atoms with Gasteiger partial charge in [0.1, 0.15) is 18.5 Å². The van der Waals surface area contributed by atoms with Crippen LogP contribution in [-0.4, -0.2) is 42.6 Å². The van der Waals surface area contributed by atoms with Crippen molar-refractivity contribution in [2.45, 2.75) is 6.10 Å². The van der Waals surface area contributed by atoms with Crippen LogP contribution >= 0.6 is 0 Å². The molecular weight excluding hydrogens is 236 g/mol. The van der Waals surface area contributed by atoms with E-state index in [0.29, 0.717) is 0 Å². The van der Waals surface area contributed by atoms with Gasteiger partial charge in [0.15, 0.2) is 0 Å². The molecule has 0 fully saturated rings. The van der Waals surface area contributed by atoms with Gasteiger partial charge in [-0.3, -0.25) is 0 Å². The Balaban J connectivity index is 2.45. The molecule has 0 aliphatic carbocycles. The normalized spacial score (nSPS) is 12.4. The molecular formula is C13H16O5. The molecule has 0 amide bonds. The lowest BCUT2D eigenvalue weighted by atomic mass is 10.2. The van der Waals surface area contributed by atoms with Gasteiger partial charge in [-0.15, -0.1) is 0 Å². The number of rotatable bonds is 6. The number of hydrogen-bond acceptors (Lipinski definition) is 5. The SMILES string of the molecule is COc1ccc(C=CC(=O)OCC(O)CO)cc1. The summed E-state index contributed by atoms with van der Waals surface area (Å²) in [7, 11) is 1.58. The fourth-order valence-corrected chi connectivity index (χ4v) is 1.16. The van der Waals surface area contributed by atoms with Crippen LogP contribution in [0.3, 0.4) is 0 Å². The third kappa shape index (κ3) is 4.99. The summed E-state index contributed by atoms with van der Waals surface area (Å²) in [6, 6.07) is 7.15. The van der Waals surface area contributed by atoms with E-state index in [9.17, 15) is 4.79 Å². The van der Waals surface area contributed by atoms with Crippen LogP contribution in [-0.2, 0) is 9.53 Å². The van der Waals surface area contributed by atoms with Crippen LogP contribution in [0.4, 0.5) is 0 Å². The largest absolute Gasteiger partial charge is 0.497 e. The van der Waals surface area contributed by atoms with E-state index in [0.717, 1.165) is 11.3 Å². The van der Waals surface area contributed by atoms with Gasteiger partial charge in [-0.1, -0.05) is 12.1 Å². The molecule has 1 rings (SSSR count). The fourth-order valence-electron chi connectivity index (χ4n) is 1.16. The second-order valence-corrected chi connectivity index (χ2v) is 3.57. The average Bonchev–Trinajstić information content (AvgIpc) is 2.42. The first-order valence-electron chi connectivity index (χ1n) is 5.43. The molecule has 0 saturated heterocycles. The van der Waals surface area contributed by atoms with E-state index in [-0.39, 0.29) is 6.61 Å². The van der Waals surface area contributed by atoms with E-state index in [1.54, 1.807) is 37.5 Å². The van der Waals surface area contributed by atoms with Gasteiger partial charge in [0.25, 0.3) is 0 Å². The van der Waals surface area contributed by atoms with Crippen molar-refractivity contribution in [1.29, 1.82) is 0 Å². The quantitative estimate of drug-likeness (QED) is 0.573. The Morgan fingerprint density at radius 3 is 2.61 bits per heavy atom. The zero-order chi connectivity index (χ0) is 13.4. The predicted molar refractivity (Wildman–Crippen MR) is 66.1 cm³/mol. The summed E-state index contributed by atoms with van der Waals surface area (Å²) in [6.07, 6.45) is 1.81. The number of aliphatic hydroxyl groups excluding tert-OH is 2. The van der Waals surface area contributed by atoms with E-state index in [4.69, 9.17) is 19.7 Å². The Bertz CT molecular complexity index is 396. The van der Waals surface area contributed by atoms with Gasteiger partial charge in [-0.2, -0.15) is 0 Å². The van der Waals surface area contributed by atoms with Crippen molar-refractivity contribution in [3.05, 3.63) is 35.9 Å². The zero-order valence-corrected chi connectivity index (χ0v) is 10.1. The Hall–Kier alpha value is -1.85. The van der Waals surface area contributed by atoms with Gasteiger partial charge in [-0.05, 0) is 23.8 Å². The number of ether oxygens (including phenoxy) is 2. The van der Waals surface area contributed by atoms with Crippen molar-refractivity contribution in [3.8, 4) is 5.75 Å². The second-order valence-electron chi connectivity index (χ2n) is 3.57. The van der Waals surface area contributed by atoms with E-state index in [1.165, 1.54) is 6.08 Å². The van der Waals surface area contributed by atoms with E-state index < -0.39 is 18.7 Å². The van der Waals surface area contributed by atoms with Crippen LogP contribution in [0.25, 0.3) is 6.08 Å². The maximum atomic E-state index is 11.2. The maximum Gasteiger partial charge on any atom is 0.330 e. The van der Waals surface area contributed by atoms with Gasteiger partial charge < -0.3 is 19.7 Å². The summed E-state index contributed by atoms with van der Waals surface area (Å²) in [6.45, 7) is -0.655. The molecule has 1 unspecified atom stereocenters. The molecule has 1 aromatic carbocycles. The highest BCUT2D eigenvalue weighted by Crippen LogP contribution is 2.12. The molecule has 5 heteroatoms. The number of hydrogen-bond donors (Lipinski definition) is 2. The fraction of sp³-hybridized carbons (Fsp3) is 0.308. The molecule has 0 heterocycles. The third-order valence-corrected chi connectivity index (χ3v) is 2.16. The number of esters is 1. The highest BCUT2D eigenvalue weighted by molar-refractivity contribution is 5.87. The summed E-state index contributed by atoms with van der Waals surface area (Å²) in [5.74, 6) is 0.166. The van der Waals surface area contributed by atoms with E-state index >= 15 is 0 Å². The molecule has 0 saturated carbocycles. The molecule has 0 aliphatic heterocycles. The Morgan fingerprint density at radius 1 is 1.39 bits per heavy atom. The van der Waals surface area contributed by atoms with Crippen LogP contribution in [0.15, 0.2) is 30.3 Å². The summed E-state index contributed by atoms with van der Waals surface area (Å²) < 4.78 is 9.71. The van der Waals surface area contributed by atoms with Crippen molar-refractivity contribution in [1.82, 2.24) is 0 Å². The lowest BCUT2D eigenvalue weighted by molar-refractivity contribution is -0.141. The molecule has 0 spiro atoms. The average molecular weight is 252 g/mol. The standard InChI is InChI=1S/C13H16O5/c1-17-12-5-2-10(3-6-12)4-7-13(16)18-9-11(15)8-14/h2-7,11,14-15H,8-9H2,1H3. The topological polar surface area (TPSA) is 76.0 Å². The molecule has 0 radical (unpaired) electrons. The van der Waals surface area contributed by atoms with Crippen molar-refractivity contribution in [2.75, 3.05) is 20.3 Å². The Labute approximate surface area is 105 Å². The van der Waals surface area contributed by atoms with Crippen molar-refractivity contribution >= 4 is 12.0 Å². The van der Waals surface area contributed by atoms with Gasteiger partial charge >= 0.3 is 5.97 Å². The molecule has 98 valence electrons. The molecule has 2 N–H and O–H groups in total. The van der Waals surface area contributed by atoms with Crippen molar-refractivity contribution in [2.24, 2.45) is 0 Å². The number of methoxy groups -OCH3 is 1. The summed E-state index contributed by atoms with van der Waals surface area (Å²) >= 11 is 0. The van der Waals surface area contributed by atoms with Crippen LogP contribution < -0.4 is 4.74 Å². The number of aliphatic hydroxyl groups is 2. The van der Waals surface area contributed by atoms with E-state index in [1.807, 2.05) is 0 Å². The lowest BCUT2D eigenvalue weighted by Gasteiger charge is -2.06. The van der Waals surface area contributed by atoms with E-state index in [2.05, 4.69) is 0 Å². The number of carbonyl (C=O) groups is 1. The van der Waals surface area contributed by atoms with Crippen LogP contribution in [0.5, 0.6) is 5.75 Å². The molecule has 1 atom stereocenters. The minimum Gasteiger partial charge on any atom is -0.497 e. The van der Waals surface area contributed by atoms with Gasteiger partial charge in [-0.25, -0.2) is 4.79 Å². The summed E-state index contributed by atoms with van der Waals surface area (Å²) in [4.78, 5) is 11.2. The predicted octanol–water partition coefficient (Wildman–Crippen LogP) is 0.605. The molecule has 18 heavy (non-hydrogen) atoms. The van der Waals surface area contributed by atoms with Crippen LogP contribution in [0, 0.1) is 0 Å². The second kappa shape index (κ2) is 7.47. The minimum atomic E-state index is -1.04. The zero-order valence-electron chi connectivity index (χ0n) is 10.1. The number of benzene rings is 1. The Kier molecular flexibility index (Phi) is 5.90. The molecule has 0 bridgehead atoms. The summed E-state index contributed by atoms with van der Waals surface area (Å²) in [5, 5.41) is 17.5. The van der Waals surface area contributed by atoms with Gasteiger partial charge in [0.05, 0.1) is 13.7 Å². The highest BCUT2D eigenvalue weighted by atomic mass is 16.5. The first-order valence-corrected chi connectivity index (χ1v) is 5.43. The van der Waals surface area contributed by atoms with Crippen molar-refractivity contribution in [3.63, 3.8) is 0 Å². The molecule has 0 aromatic heterocycles. The smallest absolute Gasteiger partial charge is 0.330 e. The molecule has 5 nitrogen and oxygen atoms in total. The third-order valence-electron chi connectivity index (χ3n) is 2.16. The lowest BCUT2D eigenvalue weighted by Crippen LogP contribution is -2.21. The Morgan fingerprint density at radius 2 is 2.06 bits per heavy atom. The minimum absolute atomic E-state index is 0.220. The van der Waals surface area contributed by atoms with Crippen molar-refractivity contribution < 1.29 is 24.5 Å². The van der Waals surface area contributed by atoms with Gasteiger partial charge in [0, 0.05) is 6.08 Å². The van der Waals surface area contributed by atoms with Crippen LogP contribution in [0.1, 0.15) is 5.56 Å². The van der Waals surface area contributed by atoms with Crippen LogP contribution in [0.2, 0.25) is 0 Å². The monoisotopic (exact) mass is 252 g/mol. The summed E-state index contributed by atoms with van der Waals surface area (Å²) in [5.41, 5.74) is 0.829. The maximum absolute atomic E-state index is 11.2. The molecule has 1 aromatic rings.